The van der Waals surface area contributed by atoms with E-state index < -0.39 is 0 Å². The zero-order chi connectivity index (χ0) is 10.1. The van der Waals surface area contributed by atoms with Crippen LogP contribution in [0.2, 0.25) is 0 Å². The van der Waals surface area contributed by atoms with Gasteiger partial charge in [0.1, 0.15) is 0 Å². The Hall–Kier alpha value is -0.280. The molecule has 0 aliphatic carbocycles. The van der Waals surface area contributed by atoms with Crippen LogP contribution in [0.15, 0.2) is 0 Å². The molecule has 0 bridgehead atoms. The van der Waals surface area contributed by atoms with E-state index >= 15 is 0 Å². The van der Waals surface area contributed by atoms with Gasteiger partial charge in [-0.05, 0) is 12.8 Å². The van der Waals surface area contributed by atoms with Gasteiger partial charge < -0.3 is 10.1 Å². The minimum absolute atomic E-state index is 0.0598. The monoisotopic (exact) mass is 207 g/mol. The number of carbonyl (C=O) groups excluding carboxylic acids is 1. The Bertz CT molecular complexity index is 142. The third kappa shape index (κ3) is 6.84. The van der Waals surface area contributed by atoms with Crippen LogP contribution in [0, 0.1) is 0 Å². The van der Waals surface area contributed by atoms with Crippen LogP contribution in [0.5, 0.6) is 0 Å². The van der Waals surface area contributed by atoms with Crippen LogP contribution < -0.4 is 5.32 Å². The Labute approximate surface area is 84.8 Å². The minimum Gasteiger partial charge on any atom is -0.383 e. The van der Waals surface area contributed by atoms with Gasteiger partial charge in [0.15, 0.2) is 0 Å². The number of hydrogen-bond donors (Lipinski definition) is 1. The molecular formula is C9H18ClNO2. The largest absolute Gasteiger partial charge is 0.383 e. The molecule has 0 rings (SSSR count). The van der Waals surface area contributed by atoms with Crippen LogP contribution in [0.3, 0.4) is 0 Å². The fourth-order valence-electron chi connectivity index (χ4n) is 0.990. The molecule has 1 unspecified atom stereocenters. The lowest BCUT2D eigenvalue weighted by molar-refractivity contribution is -0.122. The Morgan fingerprint density at radius 2 is 2.31 bits per heavy atom. The summed E-state index contributed by atoms with van der Waals surface area (Å²) in [7, 11) is 1.63. The summed E-state index contributed by atoms with van der Waals surface area (Å²) in [5.74, 6) is 0.596. The highest BCUT2D eigenvalue weighted by atomic mass is 35.5. The van der Waals surface area contributed by atoms with Crippen LogP contribution in [-0.4, -0.2) is 31.5 Å². The van der Waals surface area contributed by atoms with Gasteiger partial charge in [-0.1, -0.05) is 6.92 Å². The van der Waals surface area contributed by atoms with Gasteiger partial charge in [-0.15, -0.1) is 11.6 Å². The number of halogens is 1. The lowest BCUT2D eigenvalue weighted by atomic mass is 10.2. The fraction of sp³-hybridized carbons (Fsp3) is 0.889. The van der Waals surface area contributed by atoms with Crippen LogP contribution in [-0.2, 0) is 9.53 Å². The van der Waals surface area contributed by atoms with Crippen molar-refractivity contribution in [3.05, 3.63) is 0 Å². The average Bonchev–Trinajstić information content (AvgIpc) is 2.14. The molecule has 0 aromatic rings. The first kappa shape index (κ1) is 12.7. The van der Waals surface area contributed by atoms with Crippen molar-refractivity contribution in [2.75, 3.05) is 19.6 Å². The predicted octanol–water partition coefficient (Wildman–Crippen LogP) is 1.55. The van der Waals surface area contributed by atoms with E-state index in [1.165, 1.54) is 0 Å². The fourth-order valence-corrected chi connectivity index (χ4v) is 1.12. The molecule has 0 saturated heterocycles. The molecule has 1 N–H and O–H groups in total. The normalized spacial score (nSPS) is 12.5. The molecule has 13 heavy (non-hydrogen) atoms. The van der Waals surface area contributed by atoms with E-state index in [1.807, 2.05) is 6.92 Å². The number of rotatable bonds is 7. The SMILES string of the molecule is CCC(COC)NC(=O)CCCCl. The minimum atomic E-state index is 0.0598. The molecule has 0 heterocycles. The number of carbonyl (C=O) groups is 1. The van der Waals surface area contributed by atoms with Crippen molar-refractivity contribution in [3.8, 4) is 0 Å². The summed E-state index contributed by atoms with van der Waals surface area (Å²) in [4.78, 5) is 11.2. The van der Waals surface area contributed by atoms with Gasteiger partial charge in [0.2, 0.25) is 5.91 Å². The maximum Gasteiger partial charge on any atom is 0.220 e. The van der Waals surface area contributed by atoms with Crippen molar-refractivity contribution in [1.82, 2.24) is 5.32 Å². The second-order valence-electron chi connectivity index (χ2n) is 2.92. The molecule has 78 valence electrons. The number of nitrogens with one attached hydrogen (secondary N) is 1. The number of hydrogen-bond acceptors (Lipinski definition) is 2. The topological polar surface area (TPSA) is 38.3 Å². The highest BCUT2D eigenvalue weighted by Crippen LogP contribution is 1.96. The van der Waals surface area contributed by atoms with Crippen LogP contribution in [0.4, 0.5) is 0 Å². The summed E-state index contributed by atoms with van der Waals surface area (Å²) >= 11 is 5.47. The molecule has 0 radical (unpaired) electrons. The summed E-state index contributed by atoms with van der Waals surface area (Å²) in [6.07, 6.45) is 2.13. The van der Waals surface area contributed by atoms with E-state index in [0.29, 0.717) is 18.9 Å². The van der Waals surface area contributed by atoms with Crippen molar-refractivity contribution in [2.45, 2.75) is 32.2 Å². The number of amides is 1. The molecule has 3 nitrogen and oxygen atoms in total. The molecule has 0 aliphatic rings. The second kappa shape index (κ2) is 8.32. The summed E-state index contributed by atoms with van der Waals surface area (Å²) < 4.78 is 4.96. The Kier molecular flexibility index (Phi) is 8.14. The van der Waals surface area contributed by atoms with Crippen molar-refractivity contribution in [1.29, 1.82) is 0 Å². The molecular weight excluding hydrogens is 190 g/mol. The molecule has 0 saturated carbocycles. The number of ether oxygens (including phenoxy) is 1. The molecule has 0 spiro atoms. The summed E-state index contributed by atoms with van der Waals surface area (Å²) in [6.45, 7) is 2.59. The highest BCUT2D eigenvalue weighted by molar-refractivity contribution is 6.17. The van der Waals surface area contributed by atoms with Gasteiger partial charge in [-0.3, -0.25) is 4.79 Å². The first-order valence-corrected chi connectivity index (χ1v) is 5.12. The molecule has 0 aromatic heterocycles. The smallest absolute Gasteiger partial charge is 0.220 e. The van der Waals surface area contributed by atoms with Crippen LogP contribution >= 0.6 is 11.6 Å². The van der Waals surface area contributed by atoms with Gasteiger partial charge in [-0.2, -0.15) is 0 Å². The highest BCUT2D eigenvalue weighted by Gasteiger charge is 2.08. The van der Waals surface area contributed by atoms with Crippen molar-refractivity contribution < 1.29 is 9.53 Å². The van der Waals surface area contributed by atoms with E-state index in [4.69, 9.17) is 16.3 Å². The maximum absolute atomic E-state index is 11.2. The molecule has 0 aromatic carbocycles. The van der Waals surface area contributed by atoms with Gasteiger partial charge in [0.25, 0.3) is 0 Å². The molecule has 1 amide bonds. The zero-order valence-electron chi connectivity index (χ0n) is 8.31. The third-order valence-electron chi connectivity index (χ3n) is 1.76. The lowest BCUT2D eigenvalue weighted by Crippen LogP contribution is -2.37. The number of methoxy groups -OCH3 is 1. The molecule has 0 aliphatic heterocycles. The summed E-state index contributed by atoms with van der Waals surface area (Å²) in [6, 6.07) is 0.132. The van der Waals surface area contributed by atoms with Crippen LogP contribution in [0.1, 0.15) is 26.2 Å². The van der Waals surface area contributed by atoms with E-state index in [1.54, 1.807) is 7.11 Å². The molecule has 1 atom stereocenters. The van der Waals surface area contributed by atoms with E-state index in [9.17, 15) is 4.79 Å². The summed E-state index contributed by atoms with van der Waals surface area (Å²) in [5.41, 5.74) is 0. The van der Waals surface area contributed by atoms with Gasteiger partial charge in [0.05, 0.1) is 12.6 Å². The molecule has 4 heteroatoms. The maximum atomic E-state index is 11.2. The van der Waals surface area contributed by atoms with Gasteiger partial charge in [-0.25, -0.2) is 0 Å². The van der Waals surface area contributed by atoms with Crippen LogP contribution in [0.25, 0.3) is 0 Å². The first-order valence-electron chi connectivity index (χ1n) is 4.58. The lowest BCUT2D eigenvalue weighted by Gasteiger charge is -2.15. The number of alkyl halides is 1. The first-order chi connectivity index (χ1) is 6.24. The van der Waals surface area contributed by atoms with Gasteiger partial charge >= 0.3 is 0 Å². The third-order valence-corrected chi connectivity index (χ3v) is 2.03. The van der Waals surface area contributed by atoms with Gasteiger partial charge in [0, 0.05) is 19.4 Å². The Morgan fingerprint density at radius 1 is 1.62 bits per heavy atom. The van der Waals surface area contributed by atoms with E-state index in [-0.39, 0.29) is 11.9 Å². The zero-order valence-corrected chi connectivity index (χ0v) is 9.06. The van der Waals surface area contributed by atoms with Crippen molar-refractivity contribution in [3.63, 3.8) is 0 Å². The predicted molar refractivity (Wildman–Crippen MR) is 54.1 cm³/mol. The second-order valence-corrected chi connectivity index (χ2v) is 3.30. The Balaban J connectivity index is 3.60. The summed E-state index contributed by atoms with van der Waals surface area (Å²) in [5, 5.41) is 2.88. The standard InChI is InChI=1S/C9H18ClNO2/c1-3-8(7-13-2)11-9(12)5-4-6-10/h8H,3-7H2,1-2H3,(H,11,12). The van der Waals surface area contributed by atoms with E-state index in [2.05, 4.69) is 5.32 Å². The van der Waals surface area contributed by atoms with Crippen molar-refractivity contribution >= 4 is 17.5 Å². The quantitative estimate of drug-likeness (QED) is 0.644. The van der Waals surface area contributed by atoms with E-state index in [0.717, 1.165) is 12.8 Å². The Morgan fingerprint density at radius 3 is 2.77 bits per heavy atom. The van der Waals surface area contributed by atoms with Crippen molar-refractivity contribution in [2.24, 2.45) is 0 Å². The molecule has 0 fully saturated rings. The average molecular weight is 208 g/mol.